The number of phenolic OH excluding ortho intramolecular Hbond substituents is 2. The van der Waals surface area contributed by atoms with Gasteiger partial charge in [0.15, 0.2) is 22.9 Å². The Morgan fingerprint density at radius 2 is 1.03 bits per heavy atom. The molecule has 4 rings (SSSR count). The van der Waals surface area contributed by atoms with Gasteiger partial charge in [0.1, 0.15) is 53.4 Å². The van der Waals surface area contributed by atoms with Gasteiger partial charge >= 0.3 is 59.1 Å². The van der Waals surface area contributed by atoms with Gasteiger partial charge in [-0.1, -0.05) is 36.4 Å². The molecule has 24 nitrogen and oxygen atoms in total. The molecule has 29 heteroatoms. The van der Waals surface area contributed by atoms with E-state index in [1.54, 1.807) is 60.7 Å². The van der Waals surface area contributed by atoms with Crippen LogP contribution in [0, 0.1) is 35.1 Å². The maximum atomic E-state index is 12.3. The van der Waals surface area contributed by atoms with Crippen LogP contribution < -0.4 is 69.7 Å². The number of phenols is 2. The zero-order valence-corrected chi connectivity index (χ0v) is 39.4. The summed E-state index contributed by atoms with van der Waals surface area (Å²) in [6.07, 6.45) is 0.279. The quantitative estimate of drug-likeness (QED) is 0.0158. The van der Waals surface area contributed by atoms with E-state index in [-0.39, 0.29) is 97.0 Å². The number of non-ortho nitro benzene ring substituents is 2. The van der Waals surface area contributed by atoms with Gasteiger partial charge in [-0.2, -0.15) is 0 Å². The normalized spacial score (nSPS) is 11.3. The summed E-state index contributed by atoms with van der Waals surface area (Å²) in [5, 5.41) is 78.7. The fourth-order valence-corrected chi connectivity index (χ4v) is 5.17. The van der Waals surface area contributed by atoms with E-state index < -0.39 is 103 Å². The fourth-order valence-electron chi connectivity index (χ4n) is 3.95. The number of nitro groups is 2. The van der Waals surface area contributed by atoms with E-state index in [9.17, 15) is 71.1 Å². The second-order valence-corrected chi connectivity index (χ2v) is 13.2. The first-order chi connectivity index (χ1) is 26.6. The van der Waals surface area contributed by atoms with Crippen LogP contribution >= 0.6 is 0 Å². The number of amides is 2. The van der Waals surface area contributed by atoms with Crippen LogP contribution in [0.1, 0.15) is 6.92 Å². The molecule has 2 amide bonds. The third kappa shape index (κ3) is 17.5. The number of aromatic hydroxyl groups is 2. The zero-order valence-electron chi connectivity index (χ0n) is 32.7. The van der Waals surface area contributed by atoms with E-state index >= 15 is 0 Å². The number of carbonyl (C=O) groups is 2. The molecule has 0 unspecified atom stereocenters. The van der Waals surface area contributed by atoms with Crippen LogP contribution in [0.5, 0.6) is 11.5 Å². The molecule has 0 aliphatic heterocycles. The fraction of sp³-hybridized carbons (Fsp3) is 0.0303. The van der Waals surface area contributed by atoms with Gasteiger partial charge in [0.25, 0.3) is 23.2 Å². The van der Waals surface area contributed by atoms with Gasteiger partial charge in [0.05, 0.1) is 9.85 Å². The molecule has 0 bridgehead atoms. The molecule has 0 atom stereocenters. The molecule has 0 aliphatic rings. The molecule has 0 saturated heterocycles. The van der Waals surface area contributed by atoms with Crippen molar-refractivity contribution in [1.29, 1.82) is 0 Å². The van der Waals surface area contributed by atoms with E-state index in [4.69, 9.17) is 5.11 Å². The first kappa shape index (κ1) is 60.9. The summed E-state index contributed by atoms with van der Waals surface area (Å²) >= 11 is 0. The molecule has 4 aromatic carbocycles. The summed E-state index contributed by atoms with van der Waals surface area (Å²) in [6, 6.07) is 18.1. The van der Waals surface area contributed by atoms with Gasteiger partial charge in [0.2, 0.25) is 0 Å². The SMILES string of the molecule is C/C(O)=C(/N=Nc1cc([N+](=O)[O-])cc(S(=O)(=O)[O-])c1O)C(=O)Nc1ccccc1.O=C(Nc1ccccc1)/C(=C/O)N=Nc1cc([N+](=O)[O-])cc(S(=O)(=O)[O-])c1O.[CH3+].[CH3+].[Co].[Na+].[Na+]. The number of benzene rings is 4. The number of nitrogens with zero attached hydrogens (tertiary/aromatic N) is 6. The van der Waals surface area contributed by atoms with E-state index in [1.165, 1.54) is 0 Å². The Kier molecular flexibility index (Phi) is 26.3. The number of aliphatic hydroxyl groups excluding tert-OH is 2. The Bertz CT molecular complexity index is 2580. The number of hydrogen-bond donors (Lipinski definition) is 6. The van der Waals surface area contributed by atoms with Crippen LogP contribution in [0.3, 0.4) is 0 Å². The molecule has 62 heavy (non-hydrogen) atoms. The van der Waals surface area contributed by atoms with Gasteiger partial charge < -0.3 is 40.2 Å². The number of aliphatic hydroxyl groups is 2. The number of para-hydroxylation sites is 2. The number of allylic oxidation sites excluding steroid dienone is 1. The molecule has 319 valence electrons. The topological polar surface area (TPSA) is 389 Å². The van der Waals surface area contributed by atoms with Gasteiger partial charge in [-0.05, 0) is 31.2 Å². The summed E-state index contributed by atoms with van der Waals surface area (Å²) in [4.78, 5) is 41.6. The molecule has 0 heterocycles. The van der Waals surface area contributed by atoms with E-state index in [1.807, 2.05) is 0 Å². The maximum absolute atomic E-state index is 12.3. The Balaban J connectivity index is -0.00000104. The van der Waals surface area contributed by atoms with E-state index in [0.717, 1.165) is 6.92 Å². The van der Waals surface area contributed by atoms with Crippen molar-refractivity contribution in [1.82, 2.24) is 0 Å². The minimum atomic E-state index is -5.27. The molecular weight excluding hydrogens is 933 g/mol. The largest absolute Gasteiger partial charge is 1.00 e. The second-order valence-electron chi connectivity index (χ2n) is 10.5. The summed E-state index contributed by atoms with van der Waals surface area (Å²) in [5.74, 6) is -4.78. The maximum Gasteiger partial charge on any atom is 1.00 e. The zero-order chi connectivity index (χ0) is 42.7. The monoisotopic (exact) mass is 963 g/mol. The number of rotatable bonds is 12. The number of nitro benzene ring substituents is 2. The number of azo groups is 2. The molecule has 0 fully saturated rings. The van der Waals surface area contributed by atoms with Crippen LogP contribution in [-0.4, -0.2) is 68.0 Å². The Morgan fingerprint density at radius 3 is 1.35 bits per heavy atom. The third-order valence-electron chi connectivity index (χ3n) is 6.54. The van der Waals surface area contributed by atoms with E-state index in [0.29, 0.717) is 35.6 Å². The number of hydrogen-bond acceptors (Lipinski definition) is 20. The first-order valence-corrected chi connectivity index (χ1v) is 17.7. The summed E-state index contributed by atoms with van der Waals surface area (Å²) in [5.41, 5.74) is -3.80. The standard InChI is InChI=1S/C16H14N4O8S.C15H12N4O8S.2CH3.Co.2Na/c1-9(21)14(16(23)17-10-5-3-2-4-6-10)19-18-12-7-11(20(24)25)8-13(15(12)22)29(26,27)28;20-8-12(15(22)16-9-4-2-1-3-5-9)18-17-11-6-10(19(23)24)7-13(14(11)21)28(25,26)27;;;;;/h2-8,21-22H,1H3,(H,17,23)(H,26,27,28);1-8,20-21H,(H,16,22)(H,25,26,27);2*1H3;;;/q;;2*+1;;2*+1/p-2/b14-9-,19-18?;12-8-,18-17?;;;;;. The van der Waals surface area contributed by atoms with Crippen LogP contribution in [0.2, 0.25) is 0 Å². The summed E-state index contributed by atoms with van der Waals surface area (Å²) in [7, 11) is -10.5. The van der Waals surface area contributed by atoms with Crippen molar-refractivity contribution in [2.24, 2.45) is 20.5 Å². The van der Waals surface area contributed by atoms with Gasteiger partial charge in [-0.15, -0.1) is 20.5 Å². The smallest absolute Gasteiger partial charge is 0.744 e. The van der Waals surface area contributed by atoms with E-state index in [2.05, 4.69) is 31.1 Å². The summed E-state index contributed by atoms with van der Waals surface area (Å²) in [6.45, 7) is 1.11. The predicted molar refractivity (Wildman–Crippen MR) is 203 cm³/mol. The van der Waals surface area contributed by atoms with Gasteiger partial charge in [-0.3, -0.25) is 29.8 Å². The van der Waals surface area contributed by atoms with Crippen LogP contribution in [0.15, 0.2) is 139 Å². The second kappa shape index (κ2) is 26.8. The minimum Gasteiger partial charge on any atom is -0.744 e. The van der Waals surface area contributed by atoms with Crippen molar-refractivity contribution < 1.29 is 142 Å². The van der Waals surface area contributed by atoms with Crippen LogP contribution in [0.25, 0.3) is 0 Å². The number of nitrogens with one attached hydrogen (secondary N) is 2. The number of carbonyl (C=O) groups excluding carboxylic acids is 2. The van der Waals surface area contributed by atoms with Crippen LogP contribution in [-0.2, 0) is 46.6 Å². The molecule has 4 aromatic rings. The molecular formula is C33H30CoN8Na2O16S2+2. The third-order valence-corrected chi connectivity index (χ3v) is 8.24. The average molecular weight is 964 g/mol. The van der Waals surface area contributed by atoms with Gasteiger partial charge in [-0.25, -0.2) is 16.8 Å². The van der Waals surface area contributed by atoms with Crippen molar-refractivity contribution in [2.45, 2.75) is 16.7 Å². The van der Waals surface area contributed by atoms with Crippen molar-refractivity contribution in [3.05, 3.63) is 143 Å². The van der Waals surface area contributed by atoms with Crippen LogP contribution in [0.4, 0.5) is 34.1 Å². The van der Waals surface area contributed by atoms with Gasteiger partial charge in [0, 0.05) is 67.3 Å². The molecule has 1 radical (unpaired) electrons. The van der Waals surface area contributed by atoms with Crippen molar-refractivity contribution in [2.75, 3.05) is 10.6 Å². The molecule has 0 aliphatic carbocycles. The van der Waals surface area contributed by atoms with Crippen molar-refractivity contribution in [3.63, 3.8) is 0 Å². The molecule has 6 N–H and O–H groups in total. The molecule has 0 saturated carbocycles. The molecule has 0 aromatic heterocycles. The predicted octanol–water partition coefficient (Wildman–Crippen LogP) is -0.0512. The molecule has 0 spiro atoms. The Morgan fingerprint density at radius 1 is 0.677 bits per heavy atom. The Hall–Kier alpha value is -5.43. The summed E-state index contributed by atoms with van der Waals surface area (Å²) < 4.78 is 67.1. The van der Waals surface area contributed by atoms with Crippen molar-refractivity contribution >= 4 is 66.2 Å². The average Bonchev–Trinajstić information content (AvgIpc) is 3.13. The first-order valence-electron chi connectivity index (χ1n) is 14.9. The minimum absolute atomic E-state index is 0. The van der Waals surface area contributed by atoms with Crippen molar-refractivity contribution in [3.8, 4) is 11.5 Å². The Labute approximate surface area is 407 Å². The number of anilines is 2.